The van der Waals surface area contributed by atoms with Gasteiger partial charge in [0.05, 0.1) is 4.92 Å². The molecule has 64 valence electrons. The Labute approximate surface area is 78.7 Å². The summed E-state index contributed by atoms with van der Waals surface area (Å²) < 4.78 is 0.908. The maximum absolute atomic E-state index is 10.5. The highest BCUT2D eigenvalue weighted by Gasteiger charge is 2.12. The maximum Gasteiger partial charge on any atom is 0.272 e. The summed E-state index contributed by atoms with van der Waals surface area (Å²) in [4.78, 5) is 10.1. The largest absolute Gasteiger partial charge is 0.272 e. The van der Waals surface area contributed by atoms with Crippen molar-refractivity contribution in [3.05, 3.63) is 37.8 Å². The molecule has 0 aromatic heterocycles. The van der Waals surface area contributed by atoms with E-state index >= 15 is 0 Å². The zero-order valence-corrected chi connectivity index (χ0v) is 8.38. The summed E-state index contributed by atoms with van der Waals surface area (Å²) in [6.45, 7) is 3.60. The van der Waals surface area contributed by atoms with Crippen molar-refractivity contribution < 1.29 is 4.92 Å². The van der Waals surface area contributed by atoms with Crippen LogP contribution in [0.2, 0.25) is 0 Å². The van der Waals surface area contributed by atoms with E-state index in [1.165, 1.54) is 6.07 Å². The van der Waals surface area contributed by atoms with Crippen LogP contribution in [0.1, 0.15) is 11.1 Å². The predicted octanol–water partition coefficient (Wildman–Crippen LogP) is 2.97. The first kappa shape index (κ1) is 9.19. The molecule has 4 heteroatoms. The van der Waals surface area contributed by atoms with E-state index in [-0.39, 0.29) is 10.6 Å². The average molecular weight is 230 g/mol. The van der Waals surface area contributed by atoms with Crippen LogP contribution in [0, 0.1) is 24.0 Å². The molecule has 0 aliphatic rings. The first-order valence-electron chi connectivity index (χ1n) is 3.44. The van der Waals surface area contributed by atoms with Gasteiger partial charge in [0.1, 0.15) is 0 Å². The van der Waals surface area contributed by atoms with Gasteiger partial charge in [-0.1, -0.05) is 15.9 Å². The number of benzene rings is 1. The predicted molar refractivity (Wildman–Crippen MR) is 50.3 cm³/mol. The Morgan fingerprint density at radius 2 is 1.92 bits per heavy atom. The summed E-state index contributed by atoms with van der Waals surface area (Å²) in [5.74, 6) is 0. The summed E-state index contributed by atoms with van der Waals surface area (Å²) >= 11 is 3.31. The molecule has 3 nitrogen and oxygen atoms in total. The fraction of sp³-hybridized carbons (Fsp3) is 0.250. The number of rotatable bonds is 1. The van der Waals surface area contributed by atoms with Gasteiger partial charge in [0.2, 0.25) is 0 Å². The second kappa shape index (κ2) is 3.23. The van der Waals surface area contributed by atoms with Crippen LogP contribution in [0.25, 0.3) is 0 Å². The van der Waals surface area contributed by atoms with Crippen molar-refractivity contribution in [2.45, 2.75) is 13.8 Å². The smallest absolute Gasteiger partial charge is 0.258 e. The van der Waals surface area contributed by atoms with E-state index in [0.29, 0.717) is 0 Å². The van der Waals surface area contributed by atoms with E-state index in [0.717, 1.165) is 15.6 Å². The number of nitro groups is 1. The van der Waals surface area contributed by atoms with Crippen LogP contribution in [-0.4, -0.2) is 4.92 Å². The highest BCUT2D eigenvalue weighted by molar-refractivity contribution is 9.10. The summed E-state index contributed by atoms with van der Waals surface area (Å²) in [7, 11) is 0. The normalized spacial score (nSPS) is 9.92. The Kier molecular flexibility index (Phi) is 2.47. The van der Waals surface area contributed by atoms with Crippen LogP contribution < -0.4 is 0 Å². The molecule has 0 unspecified atom stereocenters. The standard InChI is InChI=1S/C8H8BrNO2/c1-5-6(2)8(10(11)12)4-3-7(5)9/h3-4H,1-2H3. The van der Waals surface area contributed by atoms with Gasteiger partial charge in [-0.2, -0.15) is 0 Å². The van der Waals surface area contributed by atoms with Gasteiger partial charge in [0.15, 0.2) is 0 Å². The molecule has 0 heterocycles. The molecule has 0 spiro atoms. The number of nitrogens with zero attached hydrogens (tertiary/aromatic N) is 1. The number of halogens is 1. The molecule has 0 amide bonds. The molecular weight excluding hydrogens is 222 g/mol. The molecule has 1 rings (SSSR count). The van der Waals surface area contributed by atoms with E-state index in [1.54, 1.807) is 13.0 Å². The van der Waals surface area contributed by atoms with Gasteiger partial charge in [-0.05, 0) is 25.5 Å². The summed E-state index contributed by atoms with van der Waals surface area (Å²) in [5, 5.41) is 10.5. The van der Waals surface area contributed by atoms with Gasteiger partial charge < -0.3 is 0 Å². The minimum Gasteiger partial charge on any atom is -0.258 e. The lowest BCUT2D eigenvalue weighted by Gasteiger charge is -2.02. The van der Waals surface area contributed by atoms with E-state index in [4.69, 9.17) is 0 Å². The number of hydrogen-bond acceptors (Lipinski definition) is 2. The Balaban J connectivity index is 3.36. The Hall–Kier alpha value is -0.900. The molecule has 0 saturated carbocycles. The quantitative estimate of drug-likeness (QED) is 0.549. The fourth-order valence-electron chi connectivity index (χ4n) is 0.971. The van der Waals surface area contributed by atoms with E-state index in [2.05, 4.69) is 15.9 Å². The molecule has 0 aliphatic heterocycles. The maximum atomic E-state index is 10.5. The molecule has 0 saturated heterocycles. The Morgan fingerprint density at radius 3 is 2.42 bits per heavy atom. The van der Waals surface area contributed by atoms with Crippen LogP contribution in [0.5, 0.6) is 0 Å². The molecular formula is C8H8BrNO2. The molecule has 0 bridgehead atoms. The second-order valence-corrected chi connectivity index (χ2v) is 3.43. The summed E-state index contributed by atoms with van der Waals surface area (Å²) in [5.41, 5.74) is 1.81. The van der Waals surface area contributed by atoms with E-state index in [1.807, 2.05) is 6.92 Å². The van der Waals surface area contributed by atoms with E-state index in [9.17, 15) is 10.1 Å². The third-order valence-corrected chi connectivity index (χ3v) is 2.75. The van der Waals surface area contributed by atoms with Crippen LogP contribution >= 0.6 is 15.9 Å². The lowest BCUT2D eigenvalue weighted by molar-refractivity contribution is -0.385. The molecule has 1 aromatic rings. The third kappa shape index (κ3) is 1.48. The summed E-state index contributed by atoms with van der Waals surface area (Å²) in [6, 6.07) is 3.20. The van der Waals surface area contributed by atoms with Crippen molar-refractivity contribution in [1.82, 2.24) is 0 Å². The van der Waals surface area contributed by atoms with Gasteiger partial charge in [-0.15, -0.1) is 0 Å². The lowest BCUT2D eigenvalue weighted by Crippen LogP contribution is -1.93. The van der Waals surface area contributed by atoms with Crippen molar-refractivity contribution in [3.63, 3.8) is 0 Å². The zero-order valence-electron chi connectivity index (χ0n) is 6.80. The second-order valence-electron chi connectivity index (χ2n) is 2.57. The highest BCUT2D eigenvalue weighted by atomic mass is 79.9. The molecule has 0 atom stereocenters. The molecule has 0 N–H and O–H groups in total. The van der Waals surface area contributed by atoms with Gasteiger partial charge in [-0.3, -0.25) is 10.1 Å². The summed E-state index contributed by atoms with van der Waals surface area (Å²) in [6.07, 6.45) is 0. The van der Waals surface area contributed by atoms with Crippen LogP contribution in [0.4, 0.5) is 5.69 Å². The van der Waals surface area contributed by atoms with Crippen molar-refractivity contribution in [2.75, 3.05) is 0 Å². The topological polar surface area (TPSA) is 43.1 Å². The van der Waals surface area contributed by atoms with Crippen molar-refractivity contribution in [2.24, 2.45) is 0 Å². The van der Waals surface area contributed by atoms with Crippen LogP contribution in [0.15, 0.2) is 16.6 Å². The molecule has 12 heavy (non-hydrogen) atoms. The molecule has 0 fully saturated rings. The number of hydrogen-bond donors (Lipinski definition) is 0. The van der Waals surface area contributed by atoms with Crippen LogP contribution in [0.3, 0.4) is 0 Å². The molecule has 1 aromatic carbocycles. The first-order valence-corrected chi connectivity index (χ1v) is 4.23. The van der Waals surface area contributed by atoms with Crippen molar-refractivity contribution in [3.8, 4) is 0 Å². The molecule has 0 aliphatic carbocycles. The monoisotopic (exact) mass is 229 g/mol. The minimum atomic E-state index is -0.366. The number of nitro benzene ring substituents is 1. The van der Waals surface area contributed by atoms with Crippen molar-refractivity contribution in [1.29, 1.82) is 0 Å². The lowest BCUT2D eigenvalue weighted by atomic mass is 10.1. The molecule has 0 radical (unpaired) electrons. The van der Waals surface area contributed by atoms with Gasteiger partial charge in [-0.25, -0.2) is 0 Å². The minimum absolute atomic E-state index is 0.177. The average Bonchev–Trinajstić information content (AvgIpc) is 2.00. The first-order chi connectivity index (χ1) is 5.54. The van der Waals surface area contributed by atoms with Crippen LogP contribution in [-0.2, 0) is 0 Å². The SMILES string of the molecule is Cc1c(Br)ccc([N+](=O)[O-])c1C. The van der Waals surface area contributed by atoms with Gasteiger partial charge >= 0.3 is 0 Å². The van der Waals surface area contributed by atoms with Crippen molar-refractivity contribution >= 4 is 21.6 Å². The third-order valence-electron chi connectivity index (χ3n) is 1.89. The fourth-order valence-corrected chi connectivity index (χ4v) is 1.40. The Morgan fingerprint density at radius 1 is 1.33 bits per heavy atom. The van der Waals surface area contributed by atoms with E-state index < -0.39 is 0 Å². The Bertz CT molecular complexity index is 336. The highest BCUT2D eigenvalue weighted by Crippen LogP contribution is 2.26. The van der Waals surface area contributed by atoms with Gasteiger partial charge in [0, 0.05) is 16.1 Å². The van der Waals surface area contributed by atoms with Gasteiger partial charge in [0.25, 0.3) is 5.69 Å². The zero-order chi connectivity index (χ0) is 9.30.